The Bertz CT molecular complexity index is 231. The van der Waals surface area contributed by atoms with Gasteiger partial charge in [0, 0.05) is 0 Å². The fourth-order valence-electron chi connectivity index (χ4n) is 1.64. The Morgan fingerprint density at radius 1 is 1.36 bits per heavy atom. The molecule has 0 radical (unpaired) electrons. The maximum absolute atomic E-state index is 11.4. The zero-order valence-electron chi connectivity index (χ0n) is 7.05. The first-order valence-corrected chi connectivity index (χ1v) is 5.43. The molecule has 0 aromatic heterocycles. The van der Waals surface area contributed by atoms with E-state index in [4.69, 9.17) is 0 Å². The summed E-state index contributed by atoms with van der Waals surface area (Å²) in [5, 5.41) is 0. The minimum atomic E-state index is -3.05. The van der Waals surface area contributed by atoms with Crippen LogP contribution in [0.3, 0.4) is 0 Å². The highest BCUT2D eigenvalue weighted by molar-refractivity contribution is 7.92. The van der Waals surface area contributed by atoms with Crippen molar-refractivity contribution in [3.05, 3.63) is 0 Å². The predicted octanol–water partition coefficient (Wildman–Crippen LogP) is -0.561. The topological polar surface area (TPSA) is 46.2 Å². The second kappa shape index (κ2) is 2.79. The van der Waals surface area contributed by atoms with Gasteiger partial charge in [0.2, 0.25) is 10.0 Å². The van der Waals surface area contributed by atoms with Crippen molar-refractivity contribution in [2.75, 3.05) is 7.05 Å². The van der Waals surface area contributed by atoms with Gasteiger partial charge in [-0.25, -0.2) is 13.1 Å². The van der Waals surface area contributed by atoms with E-state index in [-0.39, 0.29) is 0 Å². The molecule has 0 spiro atoms. The summed E-state index contributed by atoms with van der Waals surface area (Å²) in [5.41, 5.74) is 0. The van der Waals surface area contributed by atoms with Crippen LogP contribution < -0.4 is 4.72 Å². The minimum absolute atomic E-state index is 0.498. The largest absolute Gasteiger partial charge is 0.218 e. The van der Waals surface area contributed by atoms with Crippen LogP contribution in [0.1, 0.15) is 25.7 Å². The number of hydrogen-bond acceptors (Lipinski definition) is 2. The van der Waals surface area contributed by atoms with Crippen LogP contribution in [-0.4, -0.2) is 28.0 Å². The summed E-state index contributed by atoms with van der Waals surface area (Å²) < 4.78 is 24.7. The van der Waals surface area contributed by atoms with Crippen molar-refractivity contribution in [1.82, 2.24) is 4.72 Å². The Morgan fingerprint density at radius 2 is 1.82 bits per heavy atom. The van der Waals surface area contributed by atoms with E-state index in [2.05, 4.69) is 4.72 Å². The molecule has 0 bridgehead atoms. The standard InChI is InChI=1S/C6H14BNO2S/c1-8-11(9,10)6(7)4-2-3-5-6/h8H,2-5,7H2,1H3. The van der Waals surface area contributed by atoms with E-state index in [9.17, 15) is 8.42 Å². The molecule has 64 valence electrons. The van der Waals surface area contributed by atoms with E-state index in [1.165, 1.54) is 7.05 Å². The van der Waals surface area contributed by atoms with Gasteiger partial charge < -0.3 is 0 Å². The van der Waals surface area contributed by atoms with Crippen molar-refractivity contribution < 1.29 is 8.42 Å². The number of nitrogens with one attached hydrogen (secondary N) is 1. The van der Waals surface area contributed by atoms with E-state index in [0.29, 0.717) is 0 Å². The molecular weight excluding hydrogens is 161 g/mol. The van der Waals surface area contributed by atoms with Crippen molar-refractivity contribution in [3.8, 4) is 0 Å². The molecule has 11 heavy (non-hydrogen) atoms. The average Bonchev–Trinajstić information content (AvgIpc) is 2.38. The molecular formula is C6H14BNO2S. The molecule has 0 aliphatic heterocycles. The van der Waals surface area contributed by atoms with Crippen LogP contribution in [0, 0.1) is 0 Å². The maximum Gasteiger partial charge on any atom is 0.209 e. The summed E-state index contributed by atoms with van der Waals surface area (Å²) in [6.45, 7) is 0. The van der Waals surface area contributed by atoms with Crippen molar-refractivity contribution in [3.63, 3.8) is 0 Å². The summed E-state index contributed by atoms with van der Waals surface area (Å²) in [7, 11) is 0.263. The molecule has 0 heterocycles. The van der Waals surface area contributed by atoms with Gasteiger partial charge in [0.25, 0.3) is 0 Å². The first-order chi connectivity index (χ1) is 5.02. The fraction of sp³-hybridized carbons (Fsp3) is 1.00. The lowest BCUT2D eigenvalue weighted by Gasteiger charge is -2.22. The first-order valence-electron chi connectivity index (χ1n) is 3.95. The van der Waals surface area contributed by atoms with E-state index >= 15 is 0 Å². The van der Waals surface area contributed by atoms with Gasteiger partial charge in [0.05, 0.1) is 4.65 Å². The van der Waals surface area contributed by atoms with Crippen LogP contribution in [0.25, 0.3) is 0 Å². The molecule has 1 N–H and O–H groups in total. The van der Waals surface area contributed by atoms with Crippen molar-refractivity contribution in [2.24, 2.45) is 0 Å². The van der Waals surface area contributed by atoms with Crippen molar-refractivity contribution >= 4 is 17.9 Å². The van der Waals surface area contributed by atoms with Gasteiger partial charge in [0.1, 0.15) is 7.85 Å². The molecule has 5 heteroatoms. The lowest BCUT2D eigenvalue weighted by Crippen LogP contribution is -2.43. The van der Waals surface area contributed by atoms with Crippen LogP contribution in [0.15, 0.2) is 0 Å². The second-order valence-corrected chi connectivity index (χ2v) is 5.77. The van der Waals surface area contributed by atoms with Crippen LogP contribution in [0.5, 0.6) is 0 Å². The molecule has 0 aromatic carbocycles. The monoisotopic (exact) mass is 175 g/mol. The molecule has 0 amide bonds. The first kappa shape index (κ1) is 9.07. The van der Waals surface area contributed by atoms with Crippen LogP contribution >= 0.6 is 0 Å². The summed E-state index contributed by atoms with van der Waals surface area (Å²) in [6, 6.07) is 0. The van der Waals surface area contributed by atoms with Gasteiger partial charge in [-0.1, -0.05) is 12.8 Å². The van der Waals surface area contributed by atoms with Gasteiger partial charge in [-0.2, -0.15) is 0 Å². The quantitative estimate of drug-likeness (QED) is 0.571. The third-order valence-corrected chi connectivity index (χ3v) is 4.82. The van der Waals surface area contributed by atoms with Gasteiger partial charge in [-0.3, -0.25) is 0 Å². The van der Waals surface area contributed by atoms with Crippen LogP contribution in [-0.2, 0) is 10.0 Å². The third-order valence-electron chi connectivity index (χ3n) is 2.58. The Morgan fingerprint density at radius 3 is 2.18 bits per heavy atom. The van der Waals surface area contributed by atoms with Crippen LogP contribution in [0.4, 0.5) is 0 Å². The minimum Gasteiger partial charge on any atom is -0.218 e. The molecule has 1 aliphatic carbocycles. The predicted molar refractivity (Wildman–Crippen MR) is 47.7 cm³/mol. The van der Waals surface area contributed by atoms with E-state index in [1.807, 2.05) is 7.85 Å². The van der Waals surface area contributed by atoms with Crippen molar-refractivity contribution in [1.29, 1.82) is 0 Å². The smallest absolute Gasteiger partial charge is 0.209 e. The molecule has 0 aromatic rings. The maximum atomic E-state index is 11.4. The molecule has 0 saturated heterocycles. The Balaban J connectivity index is 2.88. The zero-order chi connectivity index (χ0) is 8.54. The normalized spacial score (nSPS) is 23.7. The molecule has 1 aliphatic rings. The molecule has 1 rings (SSSR count). The molecule has 1 fully saturated rings. The highest BCUT2D eigenvalue weighted by Crippen LogP contribution is 2.32. The summed E-state index contributed by atoms with van der Waals surface area (Å²) in [5.74, 6) is 0. The van der Waals surface area contributed by atoms with Crippen LogP contribution in [0.2, 0.25) is 0 Å². The van der Waals surface area contributed by atoms with Gasteiger partial charge in [-0.05, 0) is 19.9 Å². The SMILES string of the molecule is BC1(S(=O)(=O)NC)CCCC1. The third kappa shape index (κ3) is 1.44. The summed E-state index contributed by atoms with van der Waals surface area (Å²) in [4.78, 5) is 0. The lowest BCUT2D eigenvalue weighted by molar-refractivity contribution is 0.560. The van der Waals surface area contributed by atoms with E-state index < -0.39 is 14.7 Å². The second-order valence-electron chi connectivity index (χ2n) is 3.36. The summed E-state index contributed by atoms with van der Waals surface area (Å²) >= 11 is 0. The molecule has 0 unspecified atom stereocenters. The van der Waals surface area contributed by atoms with Crippen molar-refractivity contribution in [2.45, 2.75) is 30.3 Å². The molecule has 3 nitrogen and oxygen atoms in total. The van der Waals surface area contributed by atoms with E-state index in [1.54, 1.807) is 0 Å². The fourth-order valence-corrected chi connectivity index (χ4v) is 2.96. The Hall–Kier alpha value is -0.0251. The Labute approximate surface area is 69.0 Å². The average molecular weight is 175 g/mol. The Kier molecular flexibility index (Phi) is 2.30. The number of hydrogen-bond donors (Lipinski definition) is 1. The highest BCUT2D eigenvalue weighted by Gasteiger charge is 2.40. The molecule has 0 atom stereocenters. The number of rotatable bonds is 2. The summed E-state index contributed by atoms with van der Waals surface area (Å²) in [6.07, 6.45) is 3.68. The van der Waals surface area contributed by atoms with Gasteiger partial charge >= 0.3 is 0 Å². The molecule has 1 saturated carbocycles. The zero-order valence-corrected chi connectivity index (χ0v) is 7.87. The van der Waals surface area contributed by atoms with Gasteiger partial charge in [0.15, 0.2) is 0 Å². The van der Waals surface area contributed by atoms with E-state index in [0.717, 1.165) is 25.7 Å². The van der Waals surface area contributed by atoms with Gasteiger partial charge in [-0.15, -0.1) is 0 Å². The number of sulfonamides is 1. The highest BCUT2D eigenvalue weighted by atomic mass is 32.2. The lowest BCUT2D eigenvalue weighted by atomic mass is 9.85.